The van der Waals surface area contributed by atoms with Crippen LogP contribution >= 0.6 is 0 Å². The SMILES string of the molecule is Cc1ccccc1NC(=O)Cn1cnc(-c2noc(-c3cccnc3)n2)c1. The summed E-state index contributed by atoms with van der Waals surface area (Å²) in [5.74, 6) is 0.578. The van der Waals surface area contributed by atoms with Gasteiger partial charge in [-0.3, -0.25) is 9.78 Å². The van der Waals surface area contributed by atoms with E-state index in [2.05, 4.69) is 25.4 Å². The van der Waals surface area contributed by atoms with Gasteiger partial charge >= 0.3 is 0 Å². The first-order chi connectivity index (χ1) is 13.2. The van der Waals surface area contributed by atoms with Crippen molar-refractivity contribution in [3.8, 4) is 23.0 Å². The second kappa shape index (κ2) is 7.20. The van der Waals surface area contributed by atoms with Crippen LogP contribution in [0.4, 0.5) is 5.69 Å². The van der Waals surface area contributed by atoms with Crippen LogP contribution in [0, 0.1) is 6.92 Å². The highest BCUT2D eigenvalue weighted by molar-refractivity contribution is 5.91. The zero-order chi connectivity index (χ0) is 18.6. The molecule has 0 fully saturated rings. The smallest absolute Gasteiger partial charge is 0.259 e. The minimum absolute atomic E-state index is 0.134. The molecule has 4 aromatic rings. The molecule has 1 amide bonds. The van der Waals surface area contributed by atoms with Crippen molar-refractivity contribution < 1.29 is 9.32 Å². The fourth-order valence-electron chi connectivity index (χ4n) is 2.56. The summed E-state index contributed by atoms with van der Waals surface area (Å²) < 4.78 is 6.93. The van der Waals surface area contributed by atoms with Crippen molar-refractivity contribution in [2.45, 2.75) is 13.5 Å². The molecule has 0 spiro atoms. The third-order valence-corrected chi connectivity index (χ3v) is 3.94. The number of amides is 1. The van der Waals surface area contributed by atoms with E-state index in [1.165, 1.54) is 0 Å². The van der Waals surface area contributed by atoms with Crippen molar-refractivity contribution in [3.05, 3.63) is 66.9 Å². The number of hydrogen-bond acceptors (Lipinski definition) is 6. The van der Waals surface area contributed by atoms with Gasteiger partial charge in [-0.05, 0) is 30.7 Å². The van der Waals surface area contributed by atoms with Crippen LogP contribution in [0.15, 0.2) is 65.8 Å². The molecule has 134 valence electrons. The minimum Gasteiger partial charge on any atom is -0.333 e. The fraction of sp³-hybridized carbons (Fsp3) is 0.105. The van der Waals surface area contributed by atoms with Crippen molar-refractivity contribution >= 4 is 11.6 Å². The number of benzene rings is 1. The molecule has 0 aliphatic rings. The predicted octanol–water partition coefficient (Wildman–Crippen LogP) is 2.94. The van der Waals surface area contributed by atoms with E-state index >= 15 is 0 Å². The van der Waals surface area contributed by atoms with E-state index in [-0.39, 0.29) is 12.5 Å². The number of para-hydroxylation sites is 1. The molecule has 27 heavy (non-hydrogen) atoms. The predicted molar refractivity (Wildman–Crippen MR) is 98.6 cm³/mol. The number of rotatable bonds is 5. The molecule has 0 aliphatic carbocycles. The summed E-state index contributed by atoms with van der Waals surface area (Å²) in [4.78, 5) is 24.9. The zero-order valence-electron chi connectivity index (χ0n) is 14.5. The minimum atomic E-state index is -0.141. The van der Waals surface area contributed by atoms with Gasteiger partial charge in [0.25, 0.3) is 5.89 Å². The number of aromatic nitrogens is 5. The highest BCUT2D eigenvalue weighted by Crippen LogP contribution is 2.20. The summed E-state index contributed by atoms with van der Waals surface area (Å²) in [6, 6.07) is 11.2. The molecular formula is C19H16N6O2. The summed E-state index contributed by atoms with van der Waals surface area (Å²) in [7, 11) is 0. The number of nitrogens with zero attached hydrogens (tertiary/aromatic N) is 5. The monoisotopic (exact) mass is 360 g/mol. The number of aryl methyl sites for hydroxylation is 1. The number of hydrogen-bond donors (Lipinski definition) is 1. The highest BCUT2D eigenvalue weighted by Gasteiger charge is 2.14. The van der Waals surface area contributed by atoms with Crippen molar-refractivity contribution in [2.24, 2.45) is 0 Å². The van der Waals surface area contributed by atoms with Gasteiger partial charge in [-0.15, -0.1) is 0 Å². The Bertz CT molecular complexity index is 1070. The van der Waals surface area contributed by atoms with Crippen LogP contribution in [0.25, 0.3) is 23.0 Å². The lowest BCUT2D eigenvalue weighted by Gasteiger charge is -2.08. The maximum atomic E-state index is 12.3. The molecule has 0 aliphatic heterocycles. The lowest BCUT2D eigenvalue weighted by Crippen LogP contribution is -2.18. The first-order valence-electron chi connectivity index (χ1n) is 8.31. The number of carbonyl (C=O) groups excluding carboxylic acids is 1. The molecule has 0 saturated heterocycles. The Labute approximate surface area is 154 Å². The average molecular weight is 360 g/mol. The number of pyridine rings is 1. The molecule has 0 atom stereocenters. The summed E-state index contributed by atoms with van der Waals surface area (Å²) in [5.41, 5.74) is 3.06. The van der Waals surface area contributed by atoms with Gasteiger partial charge in [-0.1, -0.05) is 23.4 Å². The van der Waals surface area contributed by atoms with Crippen LogP contribution in [-0.2, 0) is 11.3 Å². The van der Waals surface area contributed by atoms with Crippen molar-refractivity contribution in [1.82, 2.24) is 24.7 Å². The van der Waals surface area contributed by atoms with Crippen LogP contribution in [0.5, 0.6) is 0 Å². The summed E-state index contributed by atoms with van der Waals surface area (Å²) in [6.07, 6.45) is 6.58. The number of nitrogens with one attached hydrogen (secondary N) is 1. The normalized spacial score (nSPS) is 10.7. The molecule has 3 heterocycles. The third-order valence-electron chi connectivity index (χ3n) is 3.94. The molecule has 8 nitrogen and oxygen atoms in total. The van der Waals surface area contributed by atoms with E-state index in [0.29, 0.717) is 17.4 Å². The molecule has 1 aromatic carbocycles. The Hall–Kier alpha value is -3.81. The van der Waals surface area contributed by atoms with Crippen LogP contribution in [0.1, 0.15) is 5.56 Å². The first kappa shape index (κ1) is 16.6. The third kappa shape index (κ3) is 3.74. The largest absolute Gasteiger partial charge is 0.333 e. The summed E-state index contributed by atoms with van der Waals surface area (Å²) in [5, 5.41) is 6.83. The Morgan fingerprint density at radius 3 is 2.93 bits per heavy atom. The van der Waals surface area contributed by atoms with Gasteiger partial charge in [0, 0.05) is 24.3 Å². The van der Waals surface area contributed by atoms with E-state index in [1.807, 2.05) is 37.3 Å². The van der Waals surface area contributed by atoms with Crippen LogP contribution in [-0.4, -0.2) is 30.6 Å². The average Bonchev–Trinajstić information content (AvgIpc) is 3.34. The maximum Gasteiger partial charge on any atom is 0.259 e. The van der Waals surface area contributed by atoms with Crippen LogP contribution in [0.2, 0.25) is 0 Å². The number of anilines is 1. The summed E-state index contributed by atoms with van der Waals surface area (Å²) >= 11 is 0. The van der Waals surface area contributed by atoms with E-state index in [4.69, 9.17) is 4.52 Å². The molecule has 0 radical (unpaired) electrons. The molecule has 0 unspecified atom stereocenters. The molecule has 1 N–H and O–H groups in total. The highest BCUT2D eigenvalue weighted by atomic mass is 16.5. The molecule has 4 rings (SSSR count). The van der Waals surface area contributed by atoms with Crippen LogP contribution < -0.4 is 5.32 Å². The fourth-order valence-corrected chi connectivity index (χ4v) is 2.56. The first-order valence-corrected chi connectivity index (χ1v) is 8.31. The van der Waals surface area contributed by atoms with Gasteiger partial charge in [-0.2, -0.15) is 4.98 Å². The Morgan fingerprint density at radius 2 is 2.11 bits per heavy atom. The van der Waals surface area contributed by atoms with Gasteiger partial charge in [0.15, 0.2) is 0 Å². The Morgan fingerprint density at radius 1 is 1.22 bits per heavy atom. The van der Waals surface area contributed by atoms with E-state index in [0.717, 1.165) is 16.8 Å². The topological polar surface area (TPSA) is 98.7 Å². The lowest BCUT2D eigenvalue weighted by molar-refractivity contribution is -0.116. The number of imidazole rings is 1. The number of carbonyl (C=O) groups is 1. The van der Waals surface area contributed by atoms with Crippen molar-refractivity contribution in [3.63, 3.8) is 0 Å². The van der Waals surface area contributed by atoms with E-state index < -0.39 is 0 Å². The molecular weight excluding hydrogens is 344 g/mol. The standard InChI is InChI=1S/C19H16N6O2/c1-13-5-2-3-7-15(13)22-17(26)11-25-10-16(21-12-25)18-23-19(27-24-18)14-6-4-8-20-9-14/h2-10,12H,11H2,1H3,(H,22,26). The zero-order valence-corrected chi connectivity index (χ0v) is 14.5. The Kier molecular flexibility index (Phi) is 4.44. The molecule has 0 bridgehead atoms. The van der Waals surface area contributed by atoms with E-state index in [1.54, 1.807) is 35.6 Å². The van der Waals surface area contributed by atoms with Gasteiger partial charge in [0.2, 0.25) is 11.7 Å². The van der Waals surface area contributed by atoms with Gasteiger partial charge in [0.05, 0.1) is 11.9 Å². The lowest BCUT2D eigenvalue weighted by atomic mass is 10.2. The van der Waals surface area contributed by atoms with Gasteiger partial charge < -0.3 is 14.4 Å². The molecule has 8 heteroatoms. The van der Waals surface area contributed by atoms with Crippen molar-refractivity contribution in [1.29, 1.82) is 0 Å². The van der Waals surface area contributed by atoms with Gasteiger partial charge in [0.1, 0.15) is 12.2 Å². The van der Waals surface area contributed by atoms with Crippen molar-refractivity contribution in [2.75, 3.05) is 5.32 Å². The van der Waals surface area contributed by atoms with E-state index in [9.17, 15) is 4.79 Å². The maximum absolute atomic E-state index is 12.3. The quantitative estimate of drug-likeness (QED) is 0.587. The van der Waals surface area contributed by atoms with Gasteiger partial charge in [-0.25, -0.2) is 4.98 Å². The second-order valence-electron chi connectivity index (χ2n) is 5.96. The second-order valence-corrected chi connectivity index (χ2v) is 5.96. The molecule has 0 saturated carbocycles. The van der Waals surface area contributed by atoms with Crippen LogP contribution in [0.3, 0.4) is 0 Å². The Balaban J connectivity index is 1.45. The molecule has 3 aromatic heterocycles. The summed E-state index contributed by atoms with van der Waals surface area (Å²) in [6.45, 7) is 2.08.